The molecule has 1 aliphatic heterocycles. The van der Waals surface area contributed by atoms with Gasteiger partial charge in [0.1, 0.15) is 5.82 Å². The Labute approximate surface area is 77.7 Å². The maximum absolute atomic E-state index is 5.61. The molecule has 1 aliphatic rings. The van der Waals surface area contributed by atoms with Crippen molar-refractivity contribution in [3.63, 3.8) is 0 Å². The molecule has 0 radical (unpaired) electrons. The van der Waals surface area contributed by atoms with Crippen molar-refractivity contribution in [3.8, 4) is 0 Å². The monoisotopic (exact) mass is 181 g/mol. The van der Waals surface area contributed by atoms with E-state index in [4.69, 9.17) is 10.5 Å². The summed E-state index contributed by atoms with van der Waals surface area (Å²) in [6, 6.07) is 2.28. The van der Waals surface area contributed by atoms with Crippen LogP contribution in [0.3, 0.4) is 0 Å². The molecule has 1 fully saturated rings. The molecule has 72 valence electrons. The number of rotatable bonds is 1. The number of aryl methyl sites for hydroxylation is 1. The Hall–Kier alpha value is -1.03. The maximum atomic E-state index is 5.61. The van der Waals surface area contributed by atoms with Crippen molar-refractivity contribution in [2.45, 2.75) is 25.8 Å². The van der Waals surface area contributed by atoms with Crippen molar-refractivity contribution in [2.24, 2.45) is 0 Å². The van der Waals surface area contributed by atoms with Gasteiger partial charge in [0, 0.05) is 18.4 Å². The van der Waals surface area contributed by atoms with Crippen LogP contribution in [0.1, 0.15) is 24.6 Å². The topological polar surface area (TPSA) is 53.1 Å². The Bertz CT molecular complexity index is 289. The number of anilines is 1. The van der Waals surface area contributed by atoms with Gasteiger partial charge in [0.2, 0.25) is 0 Å². The van der Waals surface area contributed by atoms with Crippen molar-refractivity contribution in [1.29, 1.82) is 0 Å². The van der Waals surface area contributed by atoms with E-state index in [0.717, 1.165) is 31.7 Å². The zero-order chi connectivity index (χ0) is 9.26. The highest BCUT2D eigenvalue weighted by molar-refractivity contribution is 5.29. The Morgan fingerprint density at radius 1 is 1.69 bits per heavy atom. The first-order valence-electron chi connectivity index (χ1n) is 4.67. The average molecular weight is 181 g/mol. The van der Waals surface area contributed by atoms with E-state index >= 15 is 0 Å². The lowest BCUT2D eigenvalue weighted by molar-refractivity contribution is 0.0543. The van der Waals surface area contributed by atoms with Gasteiger partial charge in [-0.05, 0) is 19.8 Å². The Morgan fingerprint density at radius 2 is 2.54 bits per heavy atom. The molecule has 2 N–H and O–H groups in total. The number of aromatic nitrogens is 2. The van der Waals surface area contributed by atoms with Crippen LogP contribution in [-0.4, -0.2) is 23.0 Å². The van der Waals surface area contributed by atoms with Gasteiger partial charge < -0.3 is 10.5 Å². The highest BCUT2D eigenvalue weighted by Gasteiger charge is 2.17. The third-order valence-electron chi connectivity index (χ3n) is 2.42. The Balaban J connectivity index is 2.18. The molecule has 2 rings (SSSR count). The number of ether oxygens (including phenoxy) is 1. The van der Waals surface area contributed by atoms with E-state index in [-0.39, 0.29) is 0 Å². The summed E-state index contributed by atoms with van der Waals surface area (Å²) in [4.78, 5) is 0. The fourth-order valence-electron chi connectivity index (χ4n) is 1.80. The smallest absolute Gasteiger partial charge is 0.145 e. The summed E-state index contributed by atoms with van der Waals surface area (Å²) in [5, 5.41) is 4.25. The van der Waals surface area contributed by atoms with Gasteiger partial charge in [0.15, 0.2) is 0 Å². The predicted octanol–water partition coefficient (Wildman–Crippen LogP) is 1.13. The standard InChI is InChI=1S/C9H15N3O/c1-7-5-9(10)11-12(7)8-3-2-4-13-6-8/h5,8H,2-4,6H2,1H3,(H2,10,11). The first-order chi connectivity index (χ1) is 6.27. The van der Waals surface area contributed by atoms with Crippen LogP contribution in [0.4, 0.5) is 5.82 Å². The second-order valence-corrected chi connectivity index (χ2v) is 3.53. The zero-order valence-electron chi connectivity index (χ0n) is 7.86. The molecule has 1 aromatic heterocycles. The average Bonchev–Trinajstić information content (AvgIpc) is 2.47. The van der Waals surface area contributed by atoms with Crippen LogP contribution in [-0.2, 0) is 4.74 Å². The maximum Gasteiger partial charge on any atom is 0.145 e. The fraction of sp³-hybridized carbons (Fsp3) is 0.667. The van der Waals surface area contributed by atoms with Crippen molar-refractivity contribution in [3.05, 3.63) is 11.8 Å². The molecule has 1 unspecified atom stereocenters. The van der Waals surface area contributed by atoms with E-state index in [1.54, 1.807) is 0 Å². The van der Waals surface area contributed by atoms with E-state index in [1.807, 2.05) is 17.7 Å². The van der Waals surface area contributed by atoms with Gasteiger partial charge in [-0.15, -0.1) is 0 Å². The molecular weight excluding hydrogens is 166 g/mol. The largest absolute Gasteiger partial charge is 0.382 e. The lowest BCUT2D eigenvalue weighted by Crippen LogP contribution is -2.23. The molecule has 0 aromatic carbocycles. The third kappa shape index (κ3) is 1.67. The molecule has 1 aromatic rings. The van der Waals surface area contributed by atoms with Crippen LogP contribution < -0.4 is 5.73 Å². The molecule has 0 amide bonds. The molecular formula is C9H15N3O. The molecule has 4 nitrogen and oxygen atoms in total. The number of nitrogens with zero attached hydrogens (tertiary/aromatic N) is 2. The molecule has 2 heterocycles. The molecule has 13 heavy (non-hydrogen) atoms. The number of hydrogen-bond donors (Lipinski definition) is 1. The summed E-state index contributed by atoms with van der Waals surface area (Å²) in [6.45, 7) is 3.67. The number of nitrogens with two attached hydrogens (primary N) is 1. The van der Waals surface area contributed by atoms with Crippen LogP contribution in [0.25, 0.3) is 0 Å². The highest BCUT2D eigenvalue weighted by Crippen LogP contribution is 2.21. The van der Waals surface area contributed by atoms with Crippen molar-refractivity contribution in [1.82, 2.24) is 9.78 Å². The third-order valence-corrected chi connectivity index (χ3v) is 2.42. The minimum Gasteiger partial charge on any atom is -0.382 e. The molecule has 4 heteroatoms. The van der Waals surface area contributed by atoms with Gasteiger partial charge in [0.25, 0.3) is 0 Å². The van der Waals surface area contributed by atoms with Crippen molar-refractivity contribution >= 4 is 5.82 Å². The van der Waals surface area contributed by atoms with E-state index in [9.17, 15) is 0 Å². The quantitative estimate of drug-likeness (QED) is 0.706. The van der Waals surface area contributed by atoms with Crippen LogP contribution in [0, 0.1) is 6.92 Å². The van der Waals surface area contributed by atoms with E-state index in [2.05, 4.69) is 5.10 Å². The lowest BCUT2D eigenvalue weighted by Gasteiger charge is -2.23. The van der Waals surface area contributed by atoms with Crippen LogP contribution in [0.2, 0.25) is 0 Å². The zero-order valence-corrected chi connectivity index (χ0v) is 7.86. The molecule has 0 saturated carbocycles. The van der Waals surface area contributed by atoms with E-state index in [1.165, 1.54) is 0 Å². The van der Waals surface area contributed by atoms with Gasteiger partial charge in [0.05, 0.1) is 12.6 Å². The summed E-state index contributed by atoms with van der Waals surface area (Å²) in [5.41, 5.74) is 6.73. The normalized spacial score (nSPS) is 23.3. The molecule has 1 atom stereocenters. The summed E-state index contributed by atoms with van der Waals surface area (Å²) in [6.07, 6.45) is 2.26. The van der Waals surface area contributed by atoms with Crippen LogP contribution in [0.5, 0.6) is 0 Å². The van der Waals surface area contributed by atoms with Gasteiger partial charge in [-0.1, -0.05) is 0 Å². The second kappa shape index (κ2) is 3.38. The van der Waals surface area contributed by atoms with Crippen LogP contribution >= 0.6 is 0 Å². The second-order valence-electron chi connectivity index (χ2n) is 3.53. The minimum absolute atomic E-state index is 0.381. The first kappa shape index (κ1) is 8.56. The molecule has 0 aliphatic carbocycles. The summed E-state index contributed by atoms with van der Waals surface area (Å²) in [5.74, 6) is 0.600. The minimum atomic E-state index is 0.381. The van der Waals surface area contributed by atoms with Gasteiger partial charge in [-0.25, -0.2) is 0 Å². The van der Waals surface area contributed by atoms with E-state index in [0.29, 0.717) is 11.9 Å². The SMILES string of the molecule is Cc1cc(N)nn1C1CCCOC1. The fourth-order valence-corrected chi connectivity index (χ4v) is 1.80. The summed E-state index contributed by atoms with van der Waals surface area (Å²) in [7, 11) is 0. The Kier molecular flexibility index (Phi) is 2.22. The van der Waals surface area contributed by atoms with Crippen molar-refractivity contribution in [2.75, 3.05) is 18.9 Å². The molecule has 0 bridgehead atoms. The predicted molar refractivity (Wildman–Crippen MR) is 50.5 cm³/mol. The number of nitrogen functional groups attached to an aromatic ring is 1. The number of hydrogen-bond acceptors (Lipinski definition) is 3. The van der Waals surface area contributed by atoms with Gasteiger partial charge >= 0.3 is 0 Å². The van der Waals surface area contributed by atoms with Gasteiger partial charge in [-0.3, -0.25) is 4.68 Å². The Morgan fingerprint density at radius 3 is 3.08 bits per heavy atom. The summed E-state index contributed by atoms with van der Waals surface area (Å²) >= 11 is 0. The van der Waals surface area contributed by atoms with Crippen LogP contribution in [0.15, 0.2) is 6.07 Å². The highest BCUT2D eigenvalue weighted by atomic mass is 16.5. The van der Waals surface area contributed by atoms with Gasteiger partial charge in [-0.2, -0.15) is 5.10 Å². The van der Waals surface area contributed by atoms with E-state index < -0.39 is 0 Å². The lowest BCUT2D eigenvalue weighted by atomic mass is 10.1. The molecule has 0 spiro atoms. The summed E-state index contributed by atoms with van der Waals surface area (Å²) < 4.78 is 7.38. The molecule has 1 saturated heterocycles. The first-order valence-corrected chi connectivity index (χ1v) is 4.67. The van der Waals surface area contributed by atoms with Crippen molar-refractivity contribution < 1.29 is 4.74 Å².